The van der Waals surface area contributed by atoms with Crippen molar-refractivity contribution in [3.63, 3.8) is 0 Å². The minimum Gasteiger partial charge on any atom is -0.297 e. The van der Waals surface area contributed by atoms with Crippen LogP contribution in [0.5, 0.6) is 0 Å². The van der Waals surface area contributed by atoms with E-state index in [4.69, 9.17) is 11.6 Å². The van der Waals surface area contributed by atoms with Gasteiger partial charge in [0.2, 0.25) is 11.8 Å². The van der Waals surface area contributed by atoms with Crippen molar-refractivity contribution < 1.29 is 19.2 Å². The predicted molar refractivity (Wildman–Crippen MR) is 161 cm³/mol. The first-order valence-electron chi connectivity index (χ1n) is 14.8. The minimum atomic E-state index is -0.947. The highest BCUT2D eigenvalue weighted by molar-refractivity contribution is 6.30. The number of fused-ring (bicyclic) bond motifs is 1. The van der Waals surface area contributed by atoms with Crippen molar-refractivity contribution in [1.82, 2.24) is 20.0 Å². The highest BCUT2D eigenvalue weighted by Gasteiger charge is 2.44. The number of carbonyl (C=O) groups is 4. The lowest BCUT2D eigenvalue weighted by Crippen LogP contribution is -2.54. The van der Waals surface area contributed by atoms with Crippen LogP contribution in [0.1, 0.15) is 77.8 Å². The number of allylic oxidation sites excluding steroid dienone is 1. The average Bonchev–Trinajstić information content (AvgIpc) is 3.20. The van der Waals surface area contributed by atoms with Gasteiger partial charge < -0.3 is 0 Å². The van der Waals surface area contributed by atoms with Gasteiger partial charge in [0.1, 0.15) is 6.04 Å². The lowest BCUT2D eigenvalue weighted by Gasteiger charge is -2.38. The summed E-state index contributed by atoms with van der Waals surface area (Å²) in [6, 6.07) is 12.7. The van der Waals surface area contributed by atoms with E-state index < -0.39 is 23.8 Å². The normalized spacial score (nSPS) is 23.4. The maximum absolute atomic E-state index is 13.2. The highest BCUT2D eigenvalue weighted by Crippen LogP contribution is 2.43. The zero-order valence-electron chi connectivity index (χ0n) is 24.2. The van der Waals surface area contributed by atoms with Gasteiger partial charge in [-0.3, -0.25) is 39.2 Å². The second kappa shape index (κ2) is 11.4. The summed E-state index contributed by atoms with van der Waals surface area (Å²) in [6.07, 6.45) is 3.65. The molecule has 1 atom stereocenters. The highest BCUT2D eigenvalue weighted by atomic mass is 35.5. The molecule has 2 aromatic rings. The smallest absolute Gasteiger partial charge is 0.262 e. The Morgan fingerprint density at radius 3 is 2.21 bits per heavy atom. The van der Waals surface area contributed by atoms with E-state index in [0.717, 1.165) is 61.1 Å². The number of halogens is 1. The number of carbonyl (C=O) groups excluding carboxylic acids is 4. The Morgan fingerprint density at radius 1 is 0.857 bits per heavy atom. The van der Waals surface area contributed by atoms with Gasteiger partial charge in [-0.25, -0.2) is 0 Å². The molecule has 0 saturated carbocycles. The molecule has 4 amide bonds. The molecular weight excluding hydrogens is 552 g/mol. The molecule has 0 spiro atoms. The van der Waals surface area contributed by atoms with Gasteiger partial charge in [0.15, 0.2) is 0 Å². The molecule has 1 unspecified atom stereocenters. The van der Waals surface area contributed by atoms with Gasteiger partial charge >= 0.3 is 0 Å². The van der Waals surface area contributed by atoms with Crippen LogP contribution >= 0.6 is 11.6 Å². The molecule has 2 saturated heterocycles. The third-order valence-electron chi connectivity index (χ3n) is 9.17. The van der Waals surface area contributed by atoms with Gasteiger partial charge in [0.05, 0.1) is 11.1 Å². The monoisotopic (exact) mass is 588 g/mol. The molecule has 9 heteroatoms. The minimum absolute atomic E-state index is 0.110. The number of piperidine rings is 1. The van der Waals surface area contributed by atoms with Crippen LogP contribution < -0.4 is 5.32 Å². The SMILES string of the molecule is CC1(C)CCC(CN2CCN(Cc3ccc4c(c3)C(=O)N(C3CCC(=O)NC3=O)C4=O)CC2)=C(c2ccc(Cl)cc2)C1. The Kier molecular flexibility index (Phi) is 7.81. The predicted octanol–water partition coefficient (Wildman–Crippen LogP) is 4.52. The molecule has 4 aliphatic rings. The number of benzene rings is 2. The van der Waals surface area contributed by atoms with Crippen molar-refractivity contribution in [2.75, 3.05) is 32.7 Å². The first kappa shape index (κ1) is 28.8. The fourth-order valence-corrected chi connectivity index (χ4v) is 6.84. The summed E-state index contributed by atoms with van der Waals surface area (Å²) in [5.74, 6) is -1.90. The van der Waals surface area contributed by atoms with E-state index in [1.165, 1.54) is 23.1 Å². The molecule has 0 bridgehead atoms. The number of rotatable bonds is 6. The Hall–Kier alpha value is -3.33. The van der Waals surface area contributed by atoms with Crippen molar-refractivity contribution in [2.45, 2.75) is 58.5 Å². The van der Waals surface area contributed by atoms with Crippen LogP contribution in [0.25, 0.3) is 5.57 Å². The van der Waals surface area contributed by atoms with Gasteiger partial charge in [-0.05, 0) is 72.1 Å². The summed E-state index contributed by atoms with van der Waals surface area (Å²) in [7, 11) is 0. The molecular formula is C33H37ClN4O4. The Bertz CT molecular complexity index is 1470. The molecule has 3 aliphatic heterocycles. The molecule has 1 aliphatic carbocycles. The summed E-state index contributed by atoms with van der Waals surface area (Å²) in [5.41, 5.74) is 6.19. The van der Waals surface area contributed by atoms with Crippen LogP contribution in [0, 0.1) is 5.41 Å². The second-order valence-corrected chi connectivity index (χ2v) is 13.2. The molecule has 2 aromatic carbocycles. The Labute approximate surface area is 251 Å². The molecule has 0 aromatic heterocycles. The average molecular weight is 589 g/mol. The first-order chi connectivity index (χ1) is 20.1. The number of nitrogens with one attached hydrogen (secondary N) is 1. The summed E-state index contributed by atoms with van der Waals surface area (Å²) >= 11 is 6.17. The maximum Gasteiger partial charge on any atom is 0.262 e. The second-order valence-electron chi connectivity index (χ2n) is 12.8. The van der Waals surface area contributed by atoms with Gasteiger partial charge in [-0.2, -0.15) is 0 Å². The van der Waals surface area contributed by atoms with E-state index in [2.05, 4.69) is 41.1 Å². The third kappa shape index (κ3) is 5.80. The first-order valence-corrected chi connectivity index (χ1v) is 15.2. The summed E-state index contributed by atoms with van der Waals surface area (Å²) in [5, 5.41) is 3.00. The quantitative estimate of drug-likeness (QED) is 0.499. The van der Waals surface area contributed by atoms with E-state index in [9.17, 15) is 19.2 Å². The lowest BCUT2D eigenvalue weighted by molar-refractivity contribution is -0.136. The summed E-state index contributed by atoms with van der Waals surface area (Å²) in [4.78, 5) is 56.1. The molecule has 6 rings (SSSR count). The molecule has 8 nitrogen and oxygen atoms in total. The van der Waals surface area contributed by atoms with Gasteiger partial charge in [0.25, 0.3) is 11.8 Å². The van der Waals surface area contributed by atoms with Crippen LogP contribution in [-0.2, 0) is 16.1 Å². The number of amides is 4. The number of hydrogen-bond donors (Lipinski definition) is 1. The molecule has 0 radical (unpaired) electrons. The fourth-order valence-electron chi connectivity index (χ4n) is 6.71. The molecule has 3 heterocycles. The molecule has 42 heavy (non-hydrogen) atoms. The zero-order valence-corrected chi connectivity index (χ0v) is 25.0. The molecule has 2 fully saturated rings. The van der Waals surface area contributed by atoms with Crippen molar-refractivity contribution >= 4 is 40.8 Å². The molecule has 1 N–H and O–H groups in total. The lowest BCUT2D eigenvalue weighted by atomic mass is 9.72. The fraction of sp³-hybridized carbons (Fsp3) is 0.455. The Balaban J connectivity index is 1.09. The third-order valence-corrected chi connectivity index (χ3v) is 9.42. The van der Waals surface area contributed by atoms with Gasteiger partial charge in [0, 0.05) is 50.7 Å². The van der Waals surface area contributed by atoms with Crippen LogP contribution in [0.4, 0.5) is 0 Å². The van der Waals surface area contributed by atoms with Crippen LogP contribution in [0.15, 0.2) is 48.0 Å². The van der Waals surface area contributed by atoms with E-state index in [1.807, 2.05) is 18.2 Å². The van der Waals surface area contributed by atoms with Crippen molar-refractivity contribution in [3.05, 3.63) is 75.3 Å². The van der Waals surface area contributed by atoms with Crippen molar-refractivity contribution in [2.24, 2.45) is 5.41 Å². The number of nitrogens with zero attached hydrogens (tertiary/aromatic N) is 3. The van der Waals surface area contributed by atoms with E-state index in [0.29, 0.717) is 17.7 Å². The van der Waals surface area contributed by atoms with Crippen molar-refractivity contribution in [1.29, 1.82) is 0 Å². The maximum atomic E-state index is 13.2. The van der Waals surface area contributed by atoms with Crippen LogP contribution in [0.2, 0.25) is 5.02 Å². The number of hydrogen-bond acceptors (Lipinski definition) is 6. The summed E-state index contributed by atoms with van der Waals surface area (Å²) < 4.78 is 0. The van der Waals surface area contributed by atoms with E-state index in [-0.39, 0.29) is 24.2 Å². The van der Waals surface area contributed by atoms with Crippen LogP contribution in [0.3, 0.4) is 0 Å². The van der Waals surface area contributed by atoms with Gasteiger partial charge in [-0.15, -0.1) is 0 Å². The number of piperazine rings is 1. The van der Waals surface area contributed by atoms with Gasteiger partial charge in [-0.1, -0.05) is 49.2 Å². The summed E-state index contributed by atoms with van der Waals surface area (Å²) in [6.45, 7) is 10.1. The topological polar surface area (TPSA) is 90.0 Å². The van der Waals surface area contributed by atoms with E-state index in [1.54, 1.807) is 12.1 Å². The number of imide groups is 2. The zero-order chi connectivity index (χ0) is 29.6. The largest absolute Gasteiger partial charge is 0.297 e. The van der Waals surface area contributed by atoms with E-state index >= 15 is 0 Å². The Morgan fingerprint density at radius 2 is 1.52 bits per heavy atom. The molecule has 220 valence electrons. The standard InChI is InChI=1S/C33H37ClN4O4/c1-33(2)12-11-23(27(18-33)22-4-6-24(34)7-5-22)20-37-15-13-36(14-16-37)19-21-3-8-25-26(17-21)32(42)38(31(25)41)28-9-10-29(39)35-30(28)40/h3-8,17,28H,9-16,18-20H2,1-2H3,(H,35,39,40). The van der Waals surface area contributed by atoms with Crippen molar-refractivity contribution in [3.8, 4) is 0 Å². The van der Waals surface area contributed by atoms with Crippen LogP contribution in [-0.4, -0.2) is 77.1 Å².